The first-order chi connectivity index (χ1) is 7.34. The zero-order chi connectivity index (χ0) is 12.5. The minimum Gasteiger partial charge on any atom is -0.360 e. The van der Waals surface area contributed by atoms with Gasteiger partial charge in [0, 0.05) is 12.1 Å². The Hall–Kier alpha value is -0.0800. The van der Waals surface area contributed by atoms with Crippen molar-refractivity contribution in [3.05, 3.63) is 0 Å². The lowest BCUT2D eigenvalue weighted by molar-refractivity contribution is -0.260. The summed E-state index contributed by atoms with van der Waals surface area (Å²) >= 11 is 0. The van der Waals surface area contributed by atoms with Crippen LogP contribution < -0.4 is 0 Å². The average molecular weight is 227 g/mol. The fraction of sp³-hybridized carbons (Fsp3) is 1.00. The molecule has 0 saturated carbocycles. The average Bonchev–Trinajstić information content (AvgIpc) is 2.15. The molecule has 0 aromatic rings. The van der Waals surface area contributed by atoms with Crippen LogP contribution in [0.2, 0.25) is 0 Å². The fourth-order valence-corrected chi connectivity index (χ4v) is 3.46. The number of nitrogens with zero attached hydrogens (tertiary/aromatic N) is 1. The summed E-state index contributed by atoms with van der Waals surface area (Å²) in [6.07, 6.45) is 1.15. The van der Waals surface area contributed by atoms with Crippen LogP contribution in [0.25, 0.3) is 0 Å². The van der Waals surface area contributed by atoms with E-state index in [1.54, 1.807) is 0 Å². The van der Waals surface area contributed by atoms with Crippen LogP contribution in [0.4, 0.5) is 0 Å². The molecule has 1 aliphatic heterocycles. The maximum absolute atomic E-state index is 6.26. The van der Waals surface area contributed by atoms with Gasteiger partial charge in [0.25, 0.3) is 0 Å². The van der Waals surface area contributed by atoms with Crippen molar-refractivity contribution < 1.29 is 4.74 Å². The lowest BCUT2D eigenvalue weighted by Gasteiger charge is -2.56. The first-order valence-corrected chi connectivity index (χ1v) is 6.76. The van der Waals surface area contributed by atoms with Crippen LogP contribution in [0, 0.1) is 11.8 Å². The lowest BCUT2D eigenvalue weighted by Crippen LogP contribution is -2.66. The summed E-state index contributed by atoms with van der Waals surface area (Å²) in [5.74, 6) is 1.05. The van der Waals surface area contributed by atoms with Crippen molar-refractivity contribution in [1.82, 2.24) is 4.90 Å². The summed E-state index contributed by atoms with van der Waals surface area (Å²) < 4.78 is 6.26. The van der Waals surface area contributed by atoms with Gasteiger partial charge in [-0.25, -0.2) is 0 Å². The summed E-state index contributed by atoms with van der Waals surface area (Å²) in [6, 6.07) is 1.17. The molecule has 1 atom stereocenters. The van der Waals surface area contributed by atoms with E-state index >= 15 is 0 Å². The van der Waals surface area contributed by atoms with Crippen LogP contribution in [0.1, 0.15) is 54.9 Å². The summed E-state index contributed by atoms with van der Waals surface area (Å²) in [5, 5.41) is 0. The van der Waals surface area contributed by atoms with E-state index in [1.165, 1.54) is 0 Å². The third kappa shape index (κ3) is 2.14. The van der Waals surface area contributed by atoms with E-state index in [4.69, 9.17) is 4.74 Å². The summed E-state index contributed by atoms with van der Waals surface area (Å²) in [4.78, 5) is 2.59. The van der Waals surface area contributed by atoms with Crippen molar-refractivity contribution in [1.29, 1.82) is 0 Å². The van der Waals surface area contributed by atoms with Gasteiger partial charge in [0.15, 0.2) is 0 Å². The second-order valence-corrected chi connectivity index (χ2v) is 6.05. The standard InChI is InChI=1S/C14H29NO/c1-10(2)14(11(3)4)15(12(5)6)13(7)8-9-16-14/h10-13H,8-9H2,1-7H3/t13-/m0/s1. The van der Waals surface area contributed by atoms with Crippen LogP contribution in [-0.2, 0) is 4.74 Å². The van der Waals surface area contributed by atoms with Crippen LogP contribution in [0.3, 0.4) is 0 Å². The lowest BCUT2D eigenvalue weighted by atomic mass is 9.83. The van der Waals surface area contributed by atoms with E-state index in [9.17, 15) is 0 Å². The Morgan fingerprint density at radius 3 is 1.88 bits per heavy atom. The maximum atomic E-state index is 6.26. The minimum absolute atomic E-state index is 0.0775. The SMILES string of the molecule is CC(C)N1[C@@H](C)CCOC1(C(C)C)C(C)C. The van der Waals surface area contributed by atoms with E-state index in [1.807, 2.05) is 0 Å². The zero-order valence-electron chi connectivity index (χ0n) is 12.1. The topological polar surface area (TPSA) is 12.5 Å². The number of hydrogen-bond donors (Lipinski definition) is 0. The van der Waals surface area contributed by atoms with E-state index in [2.05, 4.69) is 53.4 Å². The zero-order valence-corrected chi connectivity index (χ0v) is 12.1. The quantitative estimate of drug-likeness (QED) is 0.731. The molecule has 96 valence electrons. The van der Waals surface area contributed by atoms with Crippen molar-refractivity contribution in [2.24, 2.45) is 11.8 Å². The molecule has 1 fully saturated rings. The molecule has 0 spiro atoms. The highest BCUT2D eigenvalue weighted by molar-refractivity contribution is 4.94. The molecule has 2 heteroatoms. The van der Waals surface area contributed by atoms with E-state index < -0.39 is 0 Å². The normalized spacial score (nSPS) is 27.0. The van der Waals surface area contributed by atoms with Gasteiger partial charge in [-0.3, -0.25) is 4.90 Å². The first-order valence-electron chi connectivity index (χ1n) is 6.76. The van der Waals surface area contributed by atoms with Crippen LogP contribution in [0.15, 0.2) is 0 Å². The van der Waals surface area contributed by atoms with Gasteiger partial charge in [-0.1, -0.05) is 27.7 Å². The van der Waals surface area contributed by atoms with E-state index in [-0.39, 0.29) is 5.72 Å². The highest BCUT2D eigenvalue weighted by Crippen LogP contribution is 2.40. The molecule has 1 rings (SSSR count). The van der Waals surface area contributed by atoms with E-state index in [0.29, 0.717) is 23.9 Å². The molecule has 1 heterocycles. The molecule has 0 bridgehead atoms. The van der Waals surface area contributed by atoms with Gasteiger partial charge in [0.2, 0.25) is 0 Å². The molecule has 0 amide bonds. The molecular formula is C14H29NO. The maximum Gasteiger partial charge on any atom is 0.126 e. The van der Waals surface area contributed by atoms with Crippen molar-refractivity contribution in [3.8, 4) is 0 Å². The molecule has 1 aliphatic rings. The molecule has 0 unspecified atom stereocenters. The highest BCUT2D eigenvalue weighted by Gasteiger charge is 2.48. The minimum atomic E-state index is -0.0775. The van der Waals surface area contributed by atoms with Gasteiger partial charge >= 0.3 is 0 Å². The Bertz CT molecular complexity index is 215. The molecule has 0 aromatic carbocycles. The second kappa shape index (κ2) is 5.05. The highest BCUT2D eigenvalue weighted by atomic mass is 16.5. The predicted octanol–water partition coefficient (Wildman–Crippen LogP) is 3.51. The monoisotopic (exact) mass is 227 g/mol. The van der Waals surface area contributed by atoms with Crippen LogP contribution in [0.5, 0.6) is 0 Å². The van der Waals surface area contributed by atoms with E-state index in [0.717, 1.165) is 13.0 Å². The smallest absolute Gasteiger partial charge is 0.126 e. The molecular weight excluding hydrogens is 198 g/mol. The molecule has 0 N–H and O–H groups in total. The Balaban J connectivity index is 3.11. The van der Waals surface area contributed by atoms with Gasteiger partial charge in [-0.2, -0.15) is 0 Å². The summed E-state index contributed by atoms with van der Waals surface area (Å²) in [7, 11) is 0. The third-order valence-corrected chi connectivity index (χ3v) is 3.96. The number of hydrogen-bond acceptors (Lipinski definition) is 2. The Kier molecular flexibility index (Phi) is 4.42. The van der Waals surface area contributed by atoms with Gasteiger partial charge in [-0.15, -0.1) is 0 Å². The molecule has 16 heavy (non-hydrogen) atoms. The van der Waals surface area contributed by atoms with Gasteiger partial charge < -0.3 is 4.74 Å². The molecule has 0 aliphatic carbocycles. The van der Waals surface area contributed by atoms with Crippen molar-refractivity contribution in [2.45, 2.75) is 72.7 Å². The van der Waals surface area contributed by atoms with Gasteiger partial charge in [0.1, 0.15) is 5.72 Å². The Morgan fingerprint density at radius 1 is 1.06 bits per heavy atom. The summed E-state index contributed by atoms with van der Waals surface area (Å²) in [6.45, 7) is 16.9. The second-order valence-electron chi connectivity index (χ2n) is 6.05. The van der Waals surface area contributed by atoms with Gasteiger partial charge in [-0.05, 0) is 39.0 Å². The number of rotatable bonds is 3. The van der Waals surface area contributed by atoms with Crippen LogP contribution >= 0.6 is 0 Å². The van der Waals surface area contributed by atoms with Crippen molar-refractivity contribution in [2.75, 3.05) is 6.61 Å². The van der Waals surface area contributed by atoms with Crippen LogP contribution in [-0.4, -0.2) is 29.3 Å². The molecule has 0 radical (unpaired) electrons. The molecule has 0 aromatic heterocycles. The van der Waals surface area contributed by atoms with Crippen molar-refractivity contribution >= 4 is 0 Å². The number of ether oxygens (including phenoxy) is 1. The predicted molar refractivity (Wildman–Crippen MR) is 69.4 cm³/mol. The Labute approximate surface area is 101 Å². The molecule has 1 saturated heterocycles. The largest absolute Gasteiger partial charge is 0.360 e. The fourth-order valence-electron chi connectivity index (χ4n) is 3.46. The van der Waals surface area contributed by atoms with Crippen molar-refractivity contribution in [3.63, 3.8) is 0 Å². The summed E-state index contributed by atoms with van der Waals surface area (Å²) in [5.41, 5.74) is -0.0775. The Morgan fingerprint density at radius 2 is 1.56 bits per heavy atom. The first kappa shape index (κ1) is 14.0. The van der Waals surface area contributed by atoms with Gasteiger partial charge in [0.05, 0.1) is 6.61 Å². The third-order valence-electron chi connectivity index (χ3n) is 3.96. The molecule has 2 nitrogen and oxygen atoms in total.